The SMILES string of the molecule is CC(O)CCCNc1cc([N+](=O)[O-])ccn1. The Bertz CT molecular complexity index is 355. The van der Waals surface area contributed by atoms with Crippen molar-refractivity contribution in [3.63, 3.8) is 0 Å². The van der Waals surface area contributed by atoms with E-state index in [1.54, 1.807) is 6.92 Å². The third kappa shape index (κ3) is 4.22. The van der Waals surface area contributed by atoms with E-state index in [1.165, 1.54) is 18.3 Å². The fourth-order valence-electron chi connectivity index (χ4n) is 1.24. The lowest BCUT2D eigenvalue weighted by atomic mass is 10.2. The van der Waals surface area contributed by atoms with E-state index in [4.69, 9.17) is 5.11 Å². The maximum absolute atomic E-state index is 10.5. The monoisotopic (exact) mass is 225 g/mol. The summed E-state index contributed by atoms with van der Waals surface area (Å²) in [4.78, 5) is 14.0. The molecule has 0 spiro atoms. The lowest BCUT2D eigenvalue weighted by molar-refractivity contribution is -0.384. The van der Waals surface area contributed by atoms with Crippen molar-refractivity contribution in [1.82, 2.24) is 4.98 Å². The maximum atomic E-state index is 10.5. The Labute approximate surface area is 93.5 Å². The molecule has 1 aromatic heterocycles. The van der Waals surface area contributed by atoms with Crippen LogP contribution in [0.1, 0.15) is 19.8 Å². The zero-order chi connectivity index (χ0) is 12.0. The van der Waals surface area contributed by atoms with E-state index >= 15 is 0 Å². The molecule has 0 saturated carbocycles. The van der Waals surface area contributed by atoms with Crippen LogP contribution in [0.15, 0.2) is 18.3 Å². The third-order valence-corrected chi connectivity index (χ3v) is 2.06. The number of anilines is 1. The molecule has 1 unspecified atom stereocenters. The van der Waals surface area contributed by atoms with Crippen LogP contribution in [-0.2, 0) is 0 Å². The first-order chi connectivity index (χ1) is 7.59. The normalized spacial score (nSPS) is 12.1. The van der Waals surface area contributed by atoms with Gasteiger partial charge in [-0.1, -0.05) is 0 Å². The second kappa shape index (κ2) is 6.02. The van der Waals surface area contributed by atoms with E-state index in [9.17, 15) is 10.1 Å². The van der Waals surface area contributed by atoms with Gasteiger partial charge in [0.05, 0.1) is 17.1 Å². The lowest BCUT2D eigenvalue weighted by Crippen LogP contribution is -2.07. The van der Waals surface area contributed by atoms with Gasteiger partial charge in [-0.2, -0.15) is 0 Å². The minimum atomic E-state index is -0.456. The molecule has 1 aromatic rings. The van der Waals surface area contributed by atoms with Gasteiger partial charge >= 0.3 is 0 Å². The number of rotatable bonds is 6. The van der Waals surface area contributed by atoms with E-state index < -0.39 is 4.92 Å². The number of nitrogens with one attached hydrogen (secondary N) is 1. The van der Waals surface area contributed by atoms with E-state index in [2.05, 4.69) is 10.3 Å². The van der Waals surface area contributed by atoms with Crippen molar-refractivity contribution in [3.8, 4) is 0 Å². The molecule has 0 saturated heterocycles. The van der Waals surface area contributed by atoms with E-state index in [-0.39, 0.29) is 11.8 Å². The standard InChI is InChI=1S/C10H15N3O3/c1-8(14)3-2-5-11-10-7-9(13(15)16)4-6-12-10/h4,6-8,14H,2-3,5H2,1H3,(H,11,12). The predicted molar refractivity (Wildman–Crippen MR) is 60.3 cm³/mol. The minimum Gasteiger partial charge on any atom is -0.393 e. The molecule has 0 aliphatic rings. The number of pyridine rings is 1. The lowest BCUT2D eigenvalue weighted by Gasteiger charge is -2.06. The first-order valence-electron chi connectivity index (χ1n) is 5.12. The van der Waals surface area contributed by atoms with Gasteiger partial charge in [-0.25, -0.2) is 4.98 Å². The van der Waals surface area contributed by atoms with Crippen LogP contribution in [0.3, 0.4) is 0 Å². The van der Waals surface area contributed by atoms with Gasteiger partial charge in [-0.05, 0) is 19.8 Å². The Kier molecular flexibility index (Phi) is 4.65. The summed E-state index contributed by atoms with van der Waals surface area (Å²) in [6.45, 7) is 2.37. The third-order valence-electron chi connectivity index (χ3n) is 2.06. The van der Waals surface area contributed by atoms with Crippen molar-refractivity contribution in [1.29, 1.82) is 0 Å². The molecular formula is C10H15N3O3. The molecule has 1 heterocycles. The van der Waals surface area contributed by atoms with Gasteiger partial charge < -0.3 is 10.4 Å². The molecule has 88 valence electrons. The topological polar surface area (TPSA) is 88.3 Å². The van der Waals surface area contributed by atoms with Gasteiger partial charge in [0.2, 0.25) is 0 Å². The molecule has 0 aliphatic carbocycles. The van der Waals surface area contributed by atoms with Crippen molar-refractivity contribution in [3.05, 3.63) is 28.4 Å². The second-order valence-electron chi connectivity index (χ2n) is 3.57. The molecule has 2 N–H and O–H groups in total. The van der Waals surface area contributed by atoms with Gasteiger partial charge in [-0.3, -0.25) is 10.1 Å². The van der Waals surface area contributed by atoms with Crippen LogP contribution in [0.2, 0.25) is 0 Å². The van der Waals surface area contributed by atoms with Crippen molar-refractivity contribution < 1.29 is 10.0 Å². The van der Waals surface area contributed by atoms with Gasteiger partial charge in [0.25, 0.3) is 5.69 Å². The fourth-order valence-corrected chi connectivity index (χ4v) is 1.24. The molecule has 0 radical (unpaired) electrons. The molecule has 0 bridgehead atoms. The molecule has 6 heteroatoms. The van der Waals surface area contributed by atoms with Crippen molar-refractivity contribution in [2.45, 2.75) is 25.9 Å². The fraction of sp³-hybridized carbons (Fsp3) is 0.500. The molecule has 0 fully saturated rings. The number of nitrogens with zero attached hydrogens (tertiary/aromatic N) is 2. The van der Waals surface area contributed by atoms with Gasteiger partial charge in [0.1, 0.15) is 5.82 Å². The van der Waals surface area contributed by atoms with Crippen molar-refractivity contribution in [2.75, 3.05) is 11.9 Å². The van der Waals surface area contributed by atoms with Gasteiger partial charge in [0, 0.05) is 18.8 Å². The summed E-state index contributed by atoms with van der Waals surface area (Å²) >= 11 is 0. The Morgan fingerprint density at radius 3 is 3.06 bits per heavy atom. The summed E-state index contributed by atoms with van der Waals surface area (Å²) in [5.41, 5.74) is 0.0213. The smallest absolute Gasteiger partial charge is 0.274 e. The van der Waals surface area contributed by atoms with E-state index in [0.29, 0.717) is 18.8 Å². The average molecular weight is 225 g/mol. The Morgan fingerprint density at radius 1 is 1.69 bits per heavy atom. The number of aliphatic hydroxyl groups excluding tert-OH is 1. The quantitative estimate of drug-likeness (QED) is 0.435. The summed E-state index contributed by atoms with van der Waals surface area (Å²) in [6.07, 6.45) is 2.57. The van der Waals surface area contributed by atoms with Crippen LogP contribution in [0.25, 0.3) is 0 Å². The summed E-state index contributed by atoms with van der Waals surface area (Å²) in [6, 6.07) is 2.74. The Balaban J connectivity index is 2.42. The Morgan fingerprint density at radius 2 is 2.44 bits per heavy atom. The highest BCUT2D eigenvalue weighted by atomic mass is 16.6. The number of aliphatic hydroxyl groups is 1. The minimum absolute atomic E-state index is 0.0213. The van der Waals surface area contributed by atoms with Crippen LogP contribution < -0.4 is 5.32 Å². The largest absolute Gasteiger partial charge is 0.393 e. The van der Waals surface area contributed by atoms with E-state index in [0.717, 1.165) is 6.42 Å². The molecule has 1 atom stereocenters. The van der Waals surface area contributed by atoms with Crippen LogP contribution in [0, 0.1) is 10.1 Å². The summed E-state index contributed by atoms with van der Waals surface area (Å²) in [7, 11) is 0. The zero-order valence-corrected chi connectivity index (χ0v) is 9.09. The van der Waals surface area contributed by atoms with E-state index in [1.807, 2.05) is 0 Å². The highest BCUT2D eigenvalue weighted by molar-refractivity contribution is 5.43. The van der Waals surface area contributed by atoms with Crippen molar-refractivity contribution >= 4 is 11.5 Å². The molecule has 16 heavy (non-hydrogen) atoms. The number of nitro groups is 1. The number of aromatic nitrogens is 1. The molecule has 0 aromatic carbocycles. The molecule has 1 rings (SSSR count). The highest BCUT2D eigenvalue weighted by Gasteiger charge is 2.05. The molecule has 0 aliphatic heterocycles. The first kappa shape index (κ1) is 12.4. The molecule has 0 amide bonds. The second-order valence-corrected chi connectivity index (χ2v) is 3.57. The summed E-state index contributed by atoms with van der Waals surface area (Å²) < 4.78 is 0. The van der Waals surface area contributed by atoms with Gasteiger partial charge in [0.15, 0.2) is 0 Å². The highest BCUT2D eigenvalue weighted by Crippen LogP contribution is 2.14. The predicted octanol–water partition coefficient (Wildman–Crippen LogP) is 1.56. The Hall–Kier alpha value is -1.69. The van der Waals surface area contributed by atoms with Crippen LogP contribution in [0.5, 0.6) is 0 Å². The number of hydrogen-bond acceptors (Lipinski definition) is 5. The van der Waals surface area contributed by atoms with Crippen LogP contribution >= 0.6 is 0 Å². The first-order valence-corrected chi connectivity index (χ1v) is 5.12. The molecular weight excluding hydrogens is 210 g/mol. The van der Waals surface area contributed by atoms with Crippen molar-refractivity contribution in [2.24, 2.45) is 0 Å². The number of hydrogen-bond donors (Lipinski definition) is 2. The maximum Gasteiger partial charge on any atom is 0.274 e. The van der Waals surface area contributed by atoms with Crippen LogP contribution in [-0.4, -0.2) is 27.7 Å². The molecule has 6 nitrogen and oxygen atoms in total. The van der Waals surface area contributed by atoms with Gasteiger partial charge in [-0.15, -0.1) is 0 Å². The average Bonchev–Trinajstić information content (AvgIpc) is 2.24. The zero-order valence-electron chi connectivity index (χ0n) is 9.09. The van der Waals surface area contributed by atoms with Crippen LogP contribution in [0.4, 0.5) is 11.5 Å². The summed E-state index contributed by atoms with van der Waals surface area (Å²) in [5.74, 6) is 0.486. The summed E-state index contributed by atoms with van der Waals surface area (Å²) in [5, 5.41) is 22.5.